The van der Waals surface area contributed by atoms with E-state index < -0.39 is 0 Å². The molecule has 1 aromatic carbocycles. The molecule has 2 N–H and O–H groups in total. The molecule has 0 aliphatic carbocycles. The average molecular weight is 292 g/mol. The largest absolute Gasteiger partial charge is 0.385 e. The summed E-state index contributed by atoms with van der Waals surface area (Å²) in [7, 11) is 0. The van der Waals surface area contributed by atoms with Gasteiger partial charge in [-0.3, -0.25) is 14.9 Å². The summed E-state index contributed by atoms with van der Waals surface area (Å²) < 4.78 is 0. The lowest BCUT2D eigenvalue weighted by Crippen LogP contribution is -2.35. The molecule has 1 amide bonds. The Labute approximate surface area is 123 Å². The van der Waals surface area contributed by atoms with Crippen LogP contribution in [0.2, 0.25) is 0 Å². The molecule has 0 radical (unpaired) electrons. The molecule has 114 valence electrons. The molecule has 1 saturated heterocycles. The lowest BCUT2D eigenvalue weighted by Gasteiger charge is -2.20. The first-order chi connectivity index (χ1) is 9.99. The van der Waals surface area contributed by atoms with Crippen LogP contribution in [-0.4, -0.2) is 36.5 Å². The molecule has 7 heteroatoms. The second kappa shape index (κ2) is 6.43. The van der Waals surface area contributed by atoms with E-state index in [1.807, 2.05) is 13.0 Å². The minimum atomic E-state index is -0.383. The Morgan fingerprint density at radius 1 is 1.48 bits per heavy atom. The third-order valence-electron chi connectivity index (χ3n) is 3.46. The highest BCUT2D eigenvalue weighted by Gasteiger charge is 2.24. The van der Waals surface area contributed by atoms with Crippen LogP contribution in [0.3, 0.4) is 0 Å². The van der Waals surface area contributed by atoms with E-state index in [0.717, 1.165) is 24.3 Å². The molecule has 7 nitrogen and oxygen atoms in total. The van der Waals surface area contributed by atoms with Crippen LogP contribution in [0.4, 0.5) is 17.1 Å². The summed E-state index contributed by atoms with van der Waals surface area (Å²) in [5.74, 6) is -0.0470. The number of rotatable bonds is 5. The molecule has 21 heavy (non-hydrogen) atoms. The first-order valence-corrected chi connectivity index (χ1v) is 7.05. The van der Waals surface area contributed by atoms with Gasteiger partial charge in [-0.1, -0.05) is 0 Å². The highest BCUT2D eigenvalue weighted by Crippen LogP contribution is 2.29. The Hall–Kier alpha value is -2.31. The maximum atomic E-state index is 11.1. The van der Waals surface area contributed by atoms with Gasteiger partial charge < -0.3 is 15.5 Å². The van der Waals surface area contributed by atoms with Crippen LogP contribution in [-0.2, 0) is 4.79 Å². The maximum Gasteiger partial charge on any atom is 0.273 e. The number of nitrogens with one attached hydrogen (secondary N) is 2. The Balaban J connectivity index is 2.19. The van der Waals surface area contributed by atoms with Crippen LogP contribution in [0.15, 0.2) is 18.2 Å². The van der Waals surface area contributed by atoms with Gasteiger partial charge in [-0.25, -0.2) is 0 Å². The van der Waals surface area contributed by atoms with E-state index in [0.29, 0.717) is 13.1 Å². The van der Waals surface area contributed by atoms with Gasteiger partial charge in [0.05, 0.1) is 4.92 Å². The molecule has 1 unspecified atom stereocenters. The monoisotopic (exact) mass is 292 g/mol. The molecule has 0 aromatic heterocycles. The topological polar surface area (TPSA) is 87.5 Å². The van der Waals surface area contributed by atoms with Crippen molar-refractivity contribution in [3.63, 3.8) is 0 Å². The fraction of sp³-hybridized carbons (Fsp3) is 0.500. The average Bonchev–Trinajstić information content (AvgIpc) is 2.86. The van der Waals surface area contributed by atoms with Crippen molar-refractivity contribution < 1.29 is 9.72 Å². The zero-order valence-electron chi connectivity index (χ0n) is 12.3. The van der Waals surface area contributed by atoms with E-state index in [4.69, 9.17) is 0 Å². The number of hydrogen-bond donors (Lipinski definition) is 2. The molecule has 0 spiro atoms. The zero-order valence-corrected chi connectivity index (χ0v) is 12.3. The normalized spacial score (nSPS) is 17.6. The number of carbonyl (C=O) groups excluding carboxylic acids is 1. The van der Waals surface area contributed by atoms with Gasteiger partial charge in [0.2, 0.25) is 5.91 Å². The van der Waals surface area contributed by atoms with Crippen molar-refractivity contribution in [1.82, 2.24) is 5.32 Å². The molecule has 1 fully saturated rings. The van der Waals surface area contributed by atoms with E-state index in [1.54, 1.807) is 6.07 Å². The van der Waals surface area contributed by atoms with Crippen LogP contribution in [0.1, 0.15) is 20.3 Å². The number of carbonyl (C=O) groups is 1. The summed E-state index contributed by atoms with van der Waals surface area (Å²) in [6.45, 7) is 5.60. The minimum absolute atomic E-state index is 0.0470. The number of anilines is 2. The van der Waals surface area contributed by atoms with Crippen molar-refractivity contribution in [2.24, 2.45) is 0 Å². The predicted molar refractivity (Wildman–Crippen MR) is 81.7 cm³/mol. The van der Waals surface area contributed by atoms with E-state index in [2.05, 4.69) is 15.5 Å². The highest BCUT2D eigenvalue weighted by molar-refractivity contribution is 5.73. The fourth-order valence-corrected chi connectivity index (χ4v) is 2.59. The summed E-state index contributed by atoms with van der Waals surface area (Å²) in [5.41, 5.74) is 1.63. The smallest absolute Gasteiger partial charge is 0.273 e. The van der Waals surface area contributed by atoms with Crippen molar-refractivity contribution in [3.05, 3.63) is 28.3 Å². The molecule has 1 aliphatic rings. The zero-order chi connectivity index (χ0) is 15.4. The molecule has 2 rings (SSSR count). The summed E-state index contributed by atoms with van der Waals surface area (Å²) in [6, 6.07) is 5.13. The van der Waals surface area contributed by atoms with Crippen molar-refractivity contribution >= 4 is 23.0 Å². The summed E-state index contributed by atoms with van der Waals surface area (Å²) in [4.78, 5) is 23.8. The van der Waals surface area contributed by atoms with E-state index in [9.17, 15) is 14.9 Å². The number of amides is 1. The third-order valence-corrected chi connectivity index (χ3v) is 3.46. The molecule has 1 atom stereocenters. The quantitative estimate of drug-likeness (QED) is 0.637. The number of nitro benzene ring substituents is 1. The van der Waals surface area contributed by atoms with E-state index >= 15 is 0 Å². The molecule has 0 saturated carbocycles. The summed E-state index contributed by atoms with van der Waals surface area (Å²) >= 11 is 0. The number of nitro groups is 1. The number of nitrogens with zero attached hydrogens (tertiary/aromatic N) is 2. The summed E-state index contributed by atoms with van der Waals surface area (Å²) in [6.07, 6.45) is 0.846. The van der Waals surface area contributed by atoms with Crippen molar-refractivity contribution in [1.29, 1.82) is 0 Å². The number of hydrogen-bond acceptors (Lipinski definition) is 5. The van der Waals surface area contributed by atoms with Crippen LogP contribution in [0.5, 0.6) is 0 Å². The van der Waals surface area contributed by atoms with Crippen LogP contribution in [0.25, 0.3) is 0 Å². The molecular weight excluding hydrogens is 272 g/mol. The first-order valence-electron chi connectivity index (χ1n) is 7.05. The highest BCUT2D eigenvalue weighted by atomic mass is 16.6. The second-order valence-corrected chi connectivity index (χ2v) is 5.16. The van der Waals surface area contributed by atoms with Crippen molar-refractivity contribution in [2.45, 2.75) is 26.3 Å². The molecular formula is C14H20N4O3. The van der Waals surface area contributed by atoms with E-state index in [-0.39, 0.29) is 22.6 Å². The fourth-order valence-electron chi connectivity index (χ4n) is 2.59. The van der Waals surface area contributed by atoms with Gasteiger partial charge in [0.15, 0.2) is 0 Å². The summed E-state index contributed by atoms with van der Waals surface area (Å²) in [5, 5.41) is 17.0. The van der Waals surface area contributed by atoms with E-state index in [1.165, 1.54) is 13.0 Å². The Morgan fingerprint density at radius 2 is 2.24 bits per heavy atom. The number of benzene rings is 1. The van der Waals surface area contributed by atoms with Gasteiger partial charge in [-0.05, 0) is 19.4 Å². The molecule has 1 heterocycles. The Morgan fingerprint density at radius 3 is 2.86 bits per heavy atom. The SMILES string of the molecule is CCNc1cc(N2CCC(NC(C)=O)C2)cc([N+](=O)[O-])c1. The van der Waals surface area contributed by atoms with Gasteiger partial charge >= 0.3 is 0 Å². The van der Waals surface area contributed by atoms with Crippen LogP contribution in [0, 0.1) is 10.1 Å². The van der Waals surface area contributed by atoms with Gasteiger partial charge in [0.1, 0.15) is 0 Å². The lowest BCUT2D eigenvalue weighted by molar-refractivity contribution is -0.384. The Bertz CT molecular complexity index is 547. The molecule has 0 bridgehead atoms. The molecule has 1 aromatic rings. The standard InChI is InChI=1S/C14H20N4O3/c1-3-15-12-6-13(8-14(7-12)18(20)21)17-5-4-11(9-17)16-10(2)19/h6-8,11,15H,3-5,9H2,1-2H3,(H,16,19). The first kappa shape index (κ1) is 15.1. The van der Waals surface area contributed by atoms with Crippen molar-refractivity contribution in [3.8, 4) is 0 Å². The minimum Gasteiger partial charge on any atom is -0.385 e. The second-order valence-electron chi connectivity index (χ2n) is 5.16. The Kier molecular flexibility index (Phi) is 4.62. The number of non-ortho nitro benzene ring substituents is 1. The van der Waals surface area contributed by atoms with Crippen LogP contribution < -0.4 is 15.5 Å². The lowest BCUT2D eigenvalue weighted by atomic mass is 10.2. The van der Waals surface area contributed by atoms with Gasteiger partial charge in [0, 0.05) is 56.1 Å². The predicted octanol–water partition coefficient (Wildman–Crippen LogP) is 1.74. The van der Waals surface area contributed by atoms with Gasteiger partial charge in [0.25, 0.3) is 5.69 Å². The van der Waals surface area contributed by atoms with Crippen molar-refractivity contribution in [2.75, 3.05) is 29.9 Å². The van der Waals surface area contributed by atoms with Crippen LogP contribution >= 0.6 is 0 Å². The molecule has 1 aliphatic heterocycles. The third kappa shape index (κ3) is 3.84. The van der Waals surface area contributed by atoms with Gasteiger partial charge in [-0.15, -0.1) is 0 Å². The maximum absolute atomic E-state index is 11.1. The van der Waals surface area contributed by atoms with Gasteiger partial charge in [-0.2, -0.15) is 0 Å².